The maximum absolute atomic E-state index is 12.7. The summed E-state index contributed by atoms with van der Waals surface area (Å²) in [5, 5.41) is 9.33. The average Bonchev–Trinajstić information content (AvgIpc) is 2.35. The van der Waals surface area contributed by atoms with Gasteiger partial charge in [0.25, 0.3) is 0 Å². The van der Waals surface area contributed by atoms with Crippen molar-refractivity contribution < 1.29 is 23.1 Å². The van der Waals surface area contributed by atoms with Crippen LogP contribution in [0.5, 0.6) is 0 Å². The molecule has 0 aromatic rings. The summed E-state index contributed by atoms with van der Waals surface area (Å²) in [7, 11) is 0. The van der Waals surface area contributed by atoms with Gasteiger partial charge >= 0.3 is 12.1 Å². The van der Waals surface area contributed by atoms with Gasteiger partial charge in [0.05, 0.1) is 11.3 Å². The number of hydrogen-bond donors (Lipinski definition) is 1. The Hall–Kier alpha value is -0.780. The van der Waals surface area contributed by atoms with Gasteiger partial charge in [0, 0.05) is 13.1 Å². The molecule has 1 N–H and O–H groups in total. The normalized spacial score (nSPS) is 22.5. The predicted octanol–water partition coefficient (Wildman–Crippen LogP) is 3.15. The Labute approximate surface area is 111 Å². The SMILES string of the molecule is CCC(CC)(CN1CCCC(C(F)(F)F)C1)C(=O)O. The quantitative estimate of drug-likeness (QED) is 0.841. The van der Waals surface area contributed by atoms with Crippen molar-refractivity contribution in [1.82, 2.24) is 4.90 Å². The maximum Gasteiger partial charge on any atom is 0.393 e. The summed E-state index contributed by atoms with van der Waals surface area (Å²) in [6.45, 7) is 4.26. The lowest BCUT2D eigenvalue weighted by atomic mass is 9.81. The molecule has 0 radical (unpaired) electrons. The molecule has 1 atom stereocenters. The van der Waals surface area contributed by atoms with Gasteiger partial charge in [-0.3, -0.25) is 4.79 Å². The minimum atomic E-state index is -4.18. The predicted molar refractivity (Wildman–Crippen MR) is 65.9 cm³/mol. The molecule has 0 spiro atoms. The van der Waals surface area contributed by atoms with Crippen molar-refractivity contribution in [2.45, 2.75) is 45.7 Å². The van der Waals surface area contributed by atoms with E-state index in [-0.39, 0.29) is 19.5 Å². The van der Waals surface area contributed by atoms with Gasteiger partial charge in [-0.2, -0.15) is 13.2 Å². The van der Waals surface area contributed by atoms with Gasteiger partial charge in [-0.05, 0) is 32.2 Å². The van der Waals surface area contributed by atoms with Crippen LogP contribution in [0, 0.1) is 11.3 Å². The molecule has 0 amide bonds. The summed E-state index contributed by atoms with van der Waals surface area (Å²) >= 11 is 0. The van der Waals surface area contributed by atoms with Crippen LogP contribution in [0.15, 0.2) is 0 Å². The first-order valence-electron chi connectivity index (χ1n) is 6.77. The summed E-state index contributed by atoms with van der Waals surface area (Å²) in [5.74, 6) is -2.23. The van der Waals surface area contributed by atoms with Crippen LogP contribution in [-0.4, -0.2) is 41.8 Å². The molecule has 1 rings (SSSR count). The van der Waals surface area contributed by atoms with E-state index in [1.807, 2.05) is 0 Å². The second-order valence-electron chi connectivity index (χ2n) is 5.41. The number of aliphatic carboxylic acids is 1. The third kappa shape index (κ3) is 3.84. The number of halogens is 3. The molecule has 1 aliphatic rings. The fourth-order valence-electron chi connectivity index (χ4n) is 2.74. The van der Waals surface area contributed by atoms with E-state index in [2.05, 4.69) is 0 Å². The number of carboxylic acid groups (broad SMARTS) is 1. The molecule has 112 valence electrons. The highest BCUT2D eigenvalue weighted by Gasteiger charge is 2.44. The molecule has 1 fully saturated rings. The zero-order chi connectivity index (χ0) is 14.7. The lowest BCUT2D eigenvalue weighted by molar-refractivity contribution is -0.188. The number of alkyl halides is 3. The van der Waals surface area contributed by atoms with Gasteiger partial charge in [-0.1, -0.05) is 13.8 Å². The molecule has 3 nitrogen and oxygen atoms in total. The van der Waals surface area contributed by atoms with Gasteiger partial charge in [-0.25, -0.2) is 0 Å². The van der Waals surface area contributed by atoms with Crippen LogP contribution in [-0.2, 0) is 4.79 Å². The van der Waals surface area contributed by atoms with Crippen molar-refractivity contribution in [2.75, 3.05) is 19.6 Å². The van der Waals surface area contributed by atoms with E-state index in [0.29, 0.717) is 25.8 Å². The third-order valence-corrected chi connectivity index (χ3v) is 4.30. The van der Waals surface area contributed by atoms with Gasteiger partial charge in [0.2, 0.25) is 0 Å². The molecule has 1 unspecified atom stereocenters. The highest BCUT2D eigenvalue weighted by molar-refractivity contribution is 5.74. The van der Waals surface area contributed by atoms with Crippen LogP contribution in [0.1, 0.15) is 39.5 Å². The number of piperidine rings is 1. The highest BCUT2D eigenvalue weighted by Crippen LogP contribution is 2.35. The summed E-state index contributed by atoms with van der Waals surface area (Å²) in [6, 6.07) is 0. The van der Waals surface area contributed by atoms with Crippen LogP contribution in [0.2, 0.25) is 0 Å². The minimum Gasteiger partial charge on any atom is -0.481 e. The topological polar surface area (TPSA) is 40.5 Å². The van der Waals surface area contributed by atoms with Gasteiger partial charge in [0.15, 0.2) is 0 Å². The number of carbonyl (C=O) groups is 1. The Balaban J connectivity index is 2.73. The fraction of sp³-hybridized carbons (Fsp3) is 0.923. The first-order valence-corrected chi connectivity index (χ1v) is 6.77. The molecule has 19 heavy (non-hydrogen) atoms. The van der Waals surface area contributed by atoms with E-state index >= 15 is 0 Å². The fourth-order valence-corrected chi connectivity index (χ4v) is 2.74. The Morgan fingerprint density at radius 3 is 2.32 bits per heavy atom. The second-order valence-corrected chi connectivity index (χ2v) is 5.41. The van der Waals surface area contributed by atoms with Crippen LogP contribution >= 0.6 is 0 Å². The van der Waals surface area contributed by atoms with Crippen LogP contribution in [0.3, 0.4) is 0 Å². The number of likely N-dealkylation sites (tertiary alicyclic amines) is 1. The number of carboxylic acids is 1. The van der Waals surface area contributed by atoms with Crippen molar-refractivity contribution >= 4 is 5.97 Å². The summed E-state index contributed by atoms with van der Waals surface area (Å²) in [4.78, 5) is 13.1. The van der Waals surface area contributed by atoms with Gasteiger partial charge in [0.1, 0.15) is 0 Å². The molecule has 0 saturated carbocycles. The van der Waals surface area contributed by atoms with Crippen LogP contribution < -0.4 is 0 Å². The lowest BCUT2D eigenvalue weighted by Crippen LogP contribution is -2.48. The Kier molecular flexibility index (Phi) is 5.24. The number of hydrogen-bond acceptors (Lipinski definition) is 2. The van der Waals surface area contributed by atoms with Crippen molar-refractivity contribution in [3.05, 3.63) is 0 Å². The Bertz CT molecular complexity index is 314. The van der Waals surface area contributed by atoms with E-state index in [1.54, 1.807) is 18.7 Å². The highest BCUT2D eigenvalue weighted by atomic mass is 19.4. The Morgan fingerprint density at radius 2 is 1.89 bits per heavy atom. The van der Waals surface area contributed by atoms with E-state index < -0.39 is 23.5 Å². The summed E-state index contributed by atoms with van der Waals surface area (Å²) < 4.78 is 38.2. The molecule has 0 aliphatic carbocycles. The molecular formula is C13H22F3NO2. The minimum absolute atomic E-state index is 0.0709. The van der Waals surface area contributed by atoms with Crippen LogP contribution in [0.4, 0.5) is 13.2 Å². The van der Waals surface area contributed by atoms with Crippen molar-refractivity contribution in [1.29, 1.82) is 0 Å². The van der Waals surface area contributed by atoms with Crippen molar-refractivity contribution in [3.63, 3.8) is 0 Å². The van der Waals surface area contributed by atoms with E-state index in [9.17, 15) is 23.1 Å². The molecule has 1 saturated heterocycles. The molecule has 6 heteroatoms. The monoisotopic (exact) mass is 281 g/mol. The molecule has 1 heterocycles. The standard InChI is InChI=1S/C13H22F3NO2/c1-3-12(4-2,11(18)19)9-17-7-5-6-10(8-17)13(14,15)16/h10H,3-9H2,1-2H3,(H,18,19). The first-order chi connectivity index (χ1) is 8.75. The van der Waals surface area contributed by atoms with Crippen molar-refractivity contribution in [3.8, 4) is 0 Å². The zero-order valence-corrected chi connectivity index (χ0v) is 11.5. The lowest BCUT2D eigenvalue weighted by Gasteiger charge is -2.39. The molecule has 0 bridgehead atoms. The van der Waals surface area contributed by atoms with Gasteiger partial charge in [-0.15, -0.1) is 0 Å². The molecular weight excluding hydrogens is 259 g/mol. The smallest absolute Gasteiger partial charge is 0.393 e. The Morgan fingerprint density at radius 1 is 1.32 bits per heavy atom. The van der Waals surface area contributed by atoms with E-state index in [4.69, 9.17) is 0 Å². The maximum atomic E-state index is 12.7. The molecule has 1 aliphatic heterocycles. The zero-order valence-electron chi connectivity index (χ0n) is 11.5. The number of nitrogens with zero attached hydrogens (tertiary/aromatic N) is 1. The largest absolute Gasteiger partial charge is 0.481 e. The molecule has 0 aromatic heterocycles. The summed E-state index contributed by atoms with van der Waals surface area (Å²) in [5.41, 5.74) is -0.923. The average molecular weight is 281 g/mol. The second kappa shape index (κ2) is 6.11. The number of rotatable bonds is 5. The van der Waals surface area contributed by atoms with E-state index in [0.717, 1.165) is 0 Å². The van der Waals surface area contributed by atoms with E-state index in [1.165, 1.54) is 0 Å². The van der Waals surface area contributed by atoms with Gasteiger partial charge < -0.3 is 10.0 Å². The van der Waals surface area contributed by atoms with Crippen LogP contribution in [0.25, 0.3) is 0 Å². The third-order valence-electron chi connectivity index (χ3n) is 4.30. The molecule has 0 aromatic carbocycles. The first kappa shape index (κ1) is 16.3. The van der Waals surface area contributed by atoms with Crippen molar-refractivity contribution in [2.24, 2.45) is 11.3 Å². The summed E-state index contributed by atoms with van der Waals surface area (Å²) in [6.07, 6.45) is -2.67.